The van der Waals surface area contributed by atoms with Crippen molar-refractivity contribution in [1.29, 1.82) is 0 Å². The third kappa shape index (κ3) is 8.42. The van der Waals surface area contributed by atoms with Crippen molar-refractivity contribution >= 4 is 43.0 Å². The van der Waals surface area contributed by atoms with Gasteiger partial charge < -0.3 is 49.5 Å². The summed E-state index contributed by atoms with van der Waals surface area (Å²) in [5.41, 5.74) is 12.2. The molecule has 4 unspecified atom stereocenters. The summed E-state index contributed by atoms with van der Waals surface area (Å²) < 4.78 is 12.1. The maximum atomic E-state index is 12.4. The van der Waals surface area contributed by atoms with Gasteiger partial charge in [0.1, 0.15) is 24.8 Å². The molecule has 5 heterocycles. The van der Waals surface area contributed by atoms with Gasteiger partial charge in [-0.15, -0.1) is 0 Å². The largest absolute Gasteiger partial charge is 0.375 e. The summed E-state index contributed by atoms with van der Waals surface area (Å²) in [5.74, 6) is 0. The highest BCUT2D eigenvalue weighted by molar-refractivity contribution is 5.73. The van der Waals surface area contributed by atoms with Gasteiger partial charge in [-0.3, -0.25) is 0 Å². The van der Waals surface area contributed by atoms with E-state index in [9.17, 15) is 9.59 Å². The molecule has 0 aliphatic carbocycles. The fraction of sp³-hybridized carbons (Fsp3) is 0.429. The number of aldehydes is 2. The third-order valence-corrected chi connectivity index (χ3v) is 10.4. The molecule has 0 spiro atoms. The Morgan fingerprint density at radius 3 is 1.94 bits per heavy atom. The highest BCUT2D eigenvalue weighted by atomic mass is 16.5. The van der Waals surface area contributed by atoms with Crippen molar-refractivity contribution < 1.29 is 19.1 Å². The molecule has 4 atom stereocenters. The summed E-state index contributed by atoms with van der Waals surface area (Å²) in [5, 5.41) is 9.48. The first kappa shape index (κ1) is 38.7. The molecule has 0 amide bonds. The van der Waals surface area contributed by atoms with Crippen LogP contribution in [0.3, 0.4) is 0 Å². The van der Waals surface area contributed by atoms with Crippen molar-refractivity contribution in [2.75, 3.05) is 54.5 Å². The van der Waals surface area contributed by atoms with Gasteiger partial charge in [-0.1, -0.05) is 25.3 Å². The highest BCUT2D eigenvalue weighted by Gasteiger charge is 2.29. The molecule has 3 aliphatic heterocycles. The van der Waals surface area contributed by atoms with E-state index in [2.05, 4.69) is 85.8 Å². The first-order valence-corrected chi connectivity index (χ1v) is 18.1. The molecule has 52 heavy (non-hydrogen) atoms. The number of aromatic amines is 2. The molecule has 0 fully saturated rings. The molecule has 10 heteroatoms. The molecule has 3 aliphatic rings. The molecule has 0 aromatic carbocycles. The van der Waals surface area contributed by atoms with Gasteiger partial charge >= 0.3 is 0 Å². The molecule has 278 valence electrons. The highest BCUT2D eigenvalue weighted by Crippen LogP contribution is 2.34. The van der Waals surface area contributed by atoms with Crippen LogP contribution < -0.4 is 21.3 Å². The van der Waals surface area contributed by atoms with Gasteiger partial charge in [0.25, 0.3) is 0 Å². The number of likely N-dealkylation sites (N-methyl/N-ethyl adjacent to an activating group) is 2. The van der Waals surface area contributed by atoms with Crippen molar-refractivity contribution in [3.8, 4) is 0 Å². The molecule has 5 rings (SSSR count). The Balaban J connectivity index is 1.71. The minimum absolute atomic E-state index is 0.0876. The second kappa shape index (κ2) is 16.9. The van der Waals surface area contributed by atoms with Gasteiger partial charge in [0, 0.05) is 65.0 Å². The topological polar surface area (TPSA) is 115 Å². The molecule has 0 saturated heterocycles. The van der Waals surface area contributed by atoms with Crippen LogP contribution in [0.25, 0.3) is 30.4 Å². The number of rotatable bonds is 16. The number of allylic oxidation sites excluding steroid dienone is 2. The van der Waals surface area contributed by atoms with Crippen LogP contribution in [-0.2, 0) is 25.5 Å². The van der Waals surface area contributed by atoms with Crippen LogP contribution in [0.5, 0.6) is 0 Å². The molecule has 2 aromatic heterocycles. The zero-order valence-electron chi connectivity index (χ0n) is 32.1. The van der Waals surface area contributed by atoms with Gasteiger partial charge in [0.2, 0.25) is 0 Å². The number of nitrogens with one attached hydrogen (secondary N) is 4. The Morgan fingerprint density at radius 2 is 1.35 bits per heavy atom. The van der Waals surface area contributed by atoms with E-state index in [4.69, 9.17) is 9.47 Å². The standard InChI is InChI=1S/C42H56N6O4/c1-11-31-25(3)35-19-36-27(5)33(17-29(23-49)51-15-13-47(7)8)41(45-36)22-42-34(18-30(24-50)52-16-14-48(9)10)28(6)38(46-42)21-40-32(12-2)26(4)37(44-40)20-39(31)43-35/h11-12,19-24,29-30,38-39,43-46H,1-2,13-18H2,3-10H3/b35-19-,37-20-,40-21-,42-22-. The van der Waals surface area contributed by atoms with E-state index in [1.54, 1.807) is 0 Å². The average molecular weight is 709 g/mol. The maximum Gasteiger partial charge on any atom is 0.149 e. The Bertz CT molecular complexity index is 1950. The lowest BCUT2D eigenvalue weighted by Crippen LogP contribution is -2.27. The third-order valence-electron chi connectivity index (χ3n) is 10.4. The molecule has 0 saturated carbocycles. The predicted molar refractivity (Wildman–Crippen MR) is 212 cm³/mol. The van der Waals surface area contributed by atoms with E-state index in [-0.39, 0.29) is 12.1 Å². The summed E-state index contributed by atoms with van der Waals surface area (Å²) in [7, 11) is 7.93. The van der Waals surface area contributed by atoms with Crippen LogP contribution in [0, 0.1) is 13.8 Å². The number of hydrogen-bond acceptors (Lipinski definition) is 8. The van der Waals surface area contributed by atoms with Gasteiger partial charge in [-0.25, -0.2) is 0 Å². The zero-order valence-corrected chi connectivity index (χ0v) is 32.1. The minimum atomic E-state index is -0.611. The molecule has 0 radical (unpaired) electrons. The number of hydrogen-bond donors (Lipinski definition) is 4. The number of fused-ring (bicyclic) bond motifs is 8. The molecule has 10 nitrogen and oxygen atoms in total. The monoisotopic (exact) mass is 708 g/mol. The number of carbonyl (C=O) groups is 2. The molecule has 4 N–H and O–H groups in total. The van der Waals surface area contributed by atoms with Crippen LogP contribution in [0.1, 0.15) is 53.9 Å². The molecular weight excluding hydrogens is 653 g/mol. The first-order valence-electron chi connectivity index (χ1n) is 18.1. The number of H-pyrrole nitrogens is 2. The Morgan fingerprint density at radius 1 is 0.750 bits per heavy atom. The first-order chi connectivity index (χ1) is 24.9. The van der Waals surface area contributed by atoms with Crippen LogP contribution in [0.15, 0.2) is 52.9 Å². The lowest BCUT2D eigenvalue weighted by molar-refractivity contribution is -0.118. The van der Waals surface area contributed by atoms with E-state index in [1.807, 2.05) is 50.1 Å². The summed E-state index contributed by atoms with van der Waals surface area (Å²) in [6.45, 7) is 19.1. The van der Waals surface area contributed by atoms with Crippen molar-refractivity contribution in [2.24, 2.45) is 0 Å². The lowest BCUT2D eigenvalue weighted by Gasteiger charge is -2.17. The van der Waals surface area contributed by atoms with Crippen molar-refractivity contribution in [3.63, 3.8) is 0 Å². The number of nitrogens with zero attached hydrogens (tertiary/aromatic N) is 2. The summed E-state index contributed by atoms with van der Waals surface area (Å²) >= 11 is 0. The molecular formula is C42H56N6O4. The SMILES string of the molecule is C=CC1=C(C)/C2=C/c3[nH]c(c(CC(C=O)OCCN(C)C)c3C)/C=C3\NC(/C=c4\[nH]/c(c(C)c4C=C)=C\C1N2)C(C)=C3CC(C=O)OCCN(C)C. The molecule has 8 bridgehead atoms. The normalized spacial score (nSPS) is 22.7. The fourth-order valence-corrected chi connectivity index (χ4v) is 7.15. The maximum absolute atomic E-state index is 12.4. The van der Waals surface area contributed by atoms with E-state index < -0.39 is 12.2 Å². The van der Waals surface area contributed by atoms with E-state index in [0.717, 1.165) is 90.6 Å². The van der Waals surface area contributed by atoms with E-state index >= 15 is 0 Å². The molecule has 2 aromatic rings. The summed E-state index contributed by atoms with van der Waals surface area (Å²) in [6.07, 6.45) is 13.9. The zero-order chi connectivity index (χ0) is 37.7. The predicted octanol–water partition coefficient (Wildman–Crippen LogP) is 3.55. The van der Waals surface area contributed by atoms with Crippen molar-refractivity contribution in [2.45, 2.75) is 64.8 Å². The summed E-state index contributed by atoms with van der Waals surface area (Å²) in [4.78, 5) is 36.2. The second-order valence-electron chi connectivity index (χ2n) is 14.5. The fourth-order valence-electron chi connectivity index (χ4n) is 7.15. The van der Waals surface area contributed by atoms with Crippen LogP contribution in [-0.4, -0.2) is 111 Å². The quantitative estimate of drug-likeness (QED) is 0.196. The smallest absolute Gasteiger partial charge is 0.149 e. The Hall–Kier alpha value is -4.48. The van der Waals surface area contributed by atoms with Gasteiger partial charge in [0.05, 0.1) is 25.3 Å². The van der Waals surface area contributed by atoms with Crippen LogP contribution in [0.2, 0.25) is 0 Å². The number of ether oxygens (including phenoxy) is 2. The van der Waals surface area contributed by atoms with Crippen molar-refractivity contribution in [3.05, 3.63) is 97.3 Å². The second-order valence-corrected chi connectivity index (χ2v) is 14.5. The van der Waals surface area contributed by atoms with Crippen LogP contribution >= 0.6 is 0 Å². The van der Waals surface area contributed by atoms with Crippen molar-refractivity contribution in [1.82, 2.24) is 30.4 Å². The van der Waals surface area contributed by atoms with E-state index in [0.29, 0.717) is 39.1 Å². The van der Waals surface area contributed by atoms with Gasteiger partial charge in [0.15, 0.2) is 0 Å². The lowest BCUT2D eigenvalue weighted by atomic mass is 9.98. The Labute approximate surface area is 308 Å². The Kier molecular flexibility index (Phi) is 12.6. The van der Waals surface area contributed by atoms with Gasteiger partial charge in [-0.05, 0) is 119 Å². The number of carbonyl (C=O) groups excluding carboxylic acids is 2. The average Bonchev–Trinajstić information content (AvgIpc) is 3.76. The van der Waals surface area contributed by atoms with Crippen LogP contribution in [0.4, 0.5) is 0 Å². The van der Waals surface area contributed by atoms with Gasteiger partial charge in [-0.2, -0.15) is 0 Å². The minimum Gasteiger partial charge on any atom is -0.375 e. The van der Waals surface area contributed by atoms with E-state index in [1.165, 1.54) is 0 Å². The summed E-state index contributed by atoms with van der Waals surface area (Å²) in [6, 6.07) is -0.249. The number of aromatic nitrogens is 2.